The van der Waals surface area contributed by atoms with Crippen LogP contribution in [0.3, 0.4) is 0 Å². The zero-order valence-electron chi connectivity index (χ0n) is 15.3. The number of nitrogens with one attached hydrogen (secondary N) is 2. The lowest BCUT2D eigenvalue weighted by Gasteiger charge is -2.16. The van der Waals surface area contributed by atoms with Crippen LogP contribution in [0.2, 0.25) is 0 Å². The molecule has 0 spiro atoms. The van der Waals surface area contributed by atoms with Gasteiger partial charge in [0.25, 0.3) is 6.47 Å². The molecule has 3 N–H and O–H groups in total. The number of benzene rings is 1. The van der Waals surface area contributed by atoms with E-state index in [9.17, 15) is 13.2 Å². The van der Waals surface area contributed by atoms with Crippen molar-refractivity contribution in [3.05, 3.63) is 47.3 Å². The third-order valence-electron chi connectivity index (χ3n) is 3.63. The Morgan fingerprint density at radius 1 is 1.39 bits per heavy atom. The van der Waals surface area contributed by atoms with Gasteiger partial charge < -0.3 is 15.7 Å². The van der Waals surface area contributed by atoms with Gasteiger partial charge in [0.05, 0.1) is 11.6 Å². The molecule has 0 bridgehead atoms. The number of hydrogen-bond donors (Lipinski definition) is 3. The van der Waals surface area contributed by atoms with E-state index >= 15 is 0 Å². The molecule has 7 nitrogen and oxygen atoms in total. The summed E-state index contributed by atoms with van der Waals surface area (Å²) in [5.74, 6) is -0.172. The zero-order valence-corrected chi connectivity index (χ0v) is 15.3. The Kier molecular flexibility index (Phi) is 8.84. The summed E-state index contributed by atoms with van der Waals surface area (Å²) in [7, 11) is 0. The summed E-state index contributed by atoms with van der Waals surface area (Å²) < 4.78 is 39.9. The number of hydrogen-bond acceptors (Lipinski definition) is 6. The molecule has 2 rings (SSSR count). The molecule has 0 fully saturated rings. The summed E-state index contributed by atoms with van der Waals surface area (Å²) in [5.41, 5.74) is -0.158. The Morgan fingerprint density at radius 2 is 2.07 bits per heavy atom. The molecular formula is C18H20F3N5O2. The van der Waals surface area contributed by atoms with E-state index < -0.39 is 11.9 Å². The largest absolute Gasteiger partial charge is 0.483 e. The minimum Gasteiger partial charge on any atom is -0.483 e. The van der Waals surface area contributed by atoms with Crippen LogP contribution in [0.15, 0.2) is 30.5 Å². The quantitative estimate of drug-likeness (QED) is 0.640. The third-order valence-corrected chi connectivity index (χ3v) is 3.63. The van der Waals surface area contributed by atoms with Gasteiger partial charge in [-0.15, -0.1) is 0 Å². The first-order valence-electron chi connectivity index (χ1n) is 8.26. The van der Waals surface area contributed by atoms with Crippen molar-refractivity contribution in [1.82, 2.24) is 15.3 Å². The average molecular weight is 395 g/mol. The summed E-state index contributed by atoms with van der Waals surface area (Å²) in [6.07, 6.45) is -2.61. The van der Waals surface area contributed by atoms with E-state index in [-0.39, 0.29) is 30.6 Å². The van der Waals surface area contributed by atoms with Crippen LogP contribution in [0.5, 0.6) is 0 Å². The van der Waals surface area contributed by atoms with E-state index in [0.29, 0.717) is 11.3 Å². The zero-order chi connectivity index (χ0) is 21.2. The lowest BCUT2D eigenvalue weighted by Crippen LogP contribution is -2.26. The minimum atomic E-state index is -4.58. The second-order valence-corrected chi connectivity index (χ2v) is 5.68. The molecule has 28 heavy (non-hydrogen) atoms. The minimum absolute atomic E-state index is 0.0101. The summed E-state index contributed by atoms with van der Waals surface area (Å²) in [6, 6.07) is 8.40. The van der Waals surface area contributed by atoms with Crippen LogP contribution in [0, 0.1) is 11.3 Å². The van der Waals surface area contributed by atoms with E-state index in [1.165, 1.54) is 12.3 Å². The molecule has 10 heteroatoms. The fourth-order valence-corrected chi connectivity index (χ4v) is 2.07. The number of nitriles is 1. The smallest absolute Gasteiger partial charge is 0.433 e. The normalized spacial score (nSPS) is 11.6. The van der Waals surface area contributed by atoms with Gasteiger partial charge in [-0.3, -0.25) is 4.79 Å². The summed E-state index contributed by atoms with van der Waals surface area (Å²) in [6.45, 7) is 3.63. The second kappa shape index (κ2) is 10.8. The van der Waals surface area contributed by atoms with Crippen LogP contribution in [0.4, 0.5) is 24.8 Å². The van der Waals surface area contributed by atoms with Crippen molar-refractivity contribution >= 4 is 18.1 Å². The van der Waals surface area contributed by atoms with Gasteiger partial charge in [0.2, 0.25) is 5.95 Å². The molecule has 2 aromatic rings. The van der Waals surface area contributed by atoms with Crippen LogP contribution >= 0.6 is 0 Å². The Hall–Kier alpha value is -3.19. The molecule has 1 aromatic heterocycles. The van der Waals surface area contributed by atoms with Crippen molar-refractivity contribution < 1.29 is 23.1 Å². The molecule has 0 saturated heterocycles. The SMILES string of the molecule is CCC(C)NCc1cnc(Nc2cccc(C#N)c2)nc1C(F)(F)F.O=CO. The highest BCUT2D eigenvalue weighted by Crippen LogP contribution is 2.31. The van der Waals surface area contributed by atoms with Gasteiger partial charge >= 0.3 is 6.18 Å². The number of alkyl halides is 3. The van der Waals surface area contributed by atoms with Crippen LogP contribution in [0.25, 0.3) is 0 Å². The highest BCUT2D eigenvalue weighted by Gasteiger charge is 2.36. The lowest BCUT2D eigenvalue weighted by molar-refractivity contribution is -0.141. The van der Waals surface area contributed by atoms with Gasteiger partial charge in [0.1, 0.15) is 0 Å². The first kappa shape index (κ1) is 22.9. The Bertz CT molecular complexity index is 822. The molecule has 0 amide bonds. The molecular weight excluding hydrogens is 375 g/mol. The number of aromatic nitrogens is 2. The maximum Gasteiger partial charge on any atom is 0.433 e. The molecule has 0 aliphatic heterocycles. The molecule has 150 valence electrons. The standard InChI is InChI=1S/C17H18F3N5.CH2O2/c1-3-11(2)22-9-13-10-23-16(25-15(13)17(18,19)20)24-14-6-4-5-12(7-14)8-21;2-1-3/h4-7,10-11,22H,3,9H2,1-2H3,(H,23,24,25);1H,(H,2,3). The van der Waals surface area contributed by atoms with Gasteiger partial charge in [-0.05, 0) is 31.5 Å². The monoisotopic (exact) mass is 395 g/mol. The maximum absolute atomic E-state index is 13.3. The maximum atomic E-state index is 13.3. The number of halogens is 3. The molecule has 1 aromatic carbocycles. The molecule has 0 saturated carbocycles. The molecule has 1 unspecified atom stereocenters. The average Bonchev–Trinajstić information content (AvgIpc) is 2.66. The lowest BCUT2D eigenvalue weighted by atomic mass is 10.2. The van der Waals surface area contributed by atoms with E-state index in [4.69, 9.17) is 15.2 Å². The predicted octanol–water partition coefficient (Wildman–Crippen LogP) is 3.70. The van der Waals surface area contributed by atoms with E-state index in [1.54, 1.807) is 18.2 Å². The van der Waals surface area contributed by atoms with Crippen LogP contribution in [0.1, 0.15) is 37.1 Å². The van der Waals surface area contributed by atoms with Crippen molar-refractivity contribution in [2.24, 2.45) is 0 Å². The highest BCUT2D eigenvalue weighted by atomic mass is 19.4. The number of anilines is 2. The van der Waals surface area contributed by atoms with E-state index in [2.05, 4.69) is 20.6 Å². The Morgan fingerprint density at radius 3 is 2.64 bits per heavy atom. The first-order valence-corrected chi connectivity index (χ1v) is 8.26. The van der Waals surface area contributed by atoms with Crippen LogP contribution < -0.4 is 10.6 Å². The van der Waals surface area contributed by atoms with Gasteiger partial charge in [-0.2, -0.15) is 18.4 Å². The van der Waals surface area contributed by atoms with Gasteiger partial charge in [-0.1, -0.05) is 13.0 Å². The van der Waals surface area contributed by atoms with E-state index in [1.807, 2.05) is 19.9 Å². The van der Waals surface area contributed by atoms with Crippen molar-refractivity contribution in [2.75, 3.05) is 5.32 Å². The Labute approximate surface area is 160 Å². The second-order valence-electron chi connectivity index (χ2n) is 5.68. The Balaban J connectivity index is 0.00000122. The molecule has 1 heterocycles. The van der Waals surface area contributed by atoms with Gasteiger partial charge in [0, 0.05) is 30.0 Å². The van der Waals surface area contributed by atoms with E-state index in [0.717, 1.165) is 6.42 Å². The fourth-order valence-electron chi connectivity index (χ4n) is 2.07. The number of carboxylic acid groups (broad SMARTS) is 1. The summed E-state index contributed by atoms with van der Waals surface area (Å²) >= 11 is 0. The van der Waals surface area contributed by atoms with Gasteiger partial charge in [-0.25, -0.2) is 9.97 Å². The van der Waals surface area contributed by atoms with Crippen molar-refractivity contribution in [2.45, 2.75) is 39.0 Å². The first-order chi connectivity index (χ1) is 13.2. The molecule has 0 aliphatic rings. The van der Waals surface area contributed by atoms with Crippen LogP contribution in [-0.4, -0.2) is 27.6 Å². The highest BCUT2D eigenvalue weighted by molar-refractivity contribution is 5.56. The van der Waals surface area contributed by atoms with Crippen molar-refractivity contribution in [1.29, 1.82) is 5.26 Å². The number of rotatable bonds is 6. The van der Waals surface area contributed by atoms with Crippen molar-refractivity contribution in [3.8, 4) is 6.07 Å². The molecule has 1 atom stereocenters. The summed E-state index contributed by atoms with van der Waals surface area (Å²) in [4.78, 5) is 16.0. The summed E-state index contributed by atoms with van der Waals surface area (Å²) in [5, 5.41) is 21.5. The van der Waals surface area contributed by atoms with Crippen molar-refractivity contribution in [3.63, 3.8) is 0 Å². The van der Waals surface area contributed by atoms with Gasteiger partial charge in [0.15, 0.2) is 5.69 Å². The fraction of sp³-hybridized carbons (Fsp3) is 0.333. The van der Waals surface area contributed by atoms with Crippen LogP contribution in [-0.2, 0) is 17.5 Å². The number of nitrogens with zero attached hydrogens (tertiary/aromatic N) is 3. The number of carbonyl (C=O) groups is 1. The topological polar surface area (TPSA) is 111 Å². The predicted molar refractivity (Wildman–Crippen MR) is 96.8 cm³/mol. The molecule has 0 radical (unpaired) electrons. The third kappa shape index (κ3) is 7.20. The molecule has 0 aliphatic carbocycles.